The van der Waals surface area contributed by atoms with Crippen LogP contribution in [0.2, 0.25) is 0 Å². The van der Waals surface area contributed by atoms with E-state index >= 15 is 0 Å². The van der Waals surface area contributed by atoms with E-state index < -0.39 is 0 Å². The van der Waals surface area contributed by atoms with E-state index in [-0.39, 0.29) is 5.82 Å². The normalized spacial score (nSPS) is 17.2. The highest BCUT2D eigenvalue weighted by Gasteiger charge is 2.13. The van der Waals surface area contributed by atoms with Gasteiger partial charge in [0.05, 0.1) is 5.69 Å². The van der Waals surface area contributed by atoms with Crippen LogP contribution in [0, 0.1) is 5.82 Å². The molecule has 88 valence electrons. The molecule has 0 saturated carbocycles. The molecule has 1 heterocycles. The third kappa shape index (κ3) is 2.53. The van der Waals surface area contributed by atoms with E-state index in [4.69, 9.17) is 5.73 Å². The first kappa shape index (κ1) is 11.4. The van der Waals surface area contributed by atoms with Crippen molar-refractivity contribution in [1.82, 2.24) is 0 Å². The van der Waals surface area contributed by atoms with Crippen molar-refractivity contribution in [3.05, 3.63) is 29.6 Å². The van der Waals surface area contributed by atoms with Gasteiger partial charge < -0.3 is 10.6 Å². The molecule has 0 aliphatic carbocycles. The Bertz CT molecular complexity index is 344. The average molecular weight is 222 g/mol. The van der Waals surface area contributed by atoms with Crippen LogP contribution in [0.15, 0.2) is 18.2 Å². The lowest BCUT2D eigenvalue weighted by molar-refractivity contribution is 0.614. The van der Waals surface area contributed by atoms with Gasteiger partial charge in [0.25, 0.3) is 0 Å². The number of hydrogen-bond acceptors (Lipinski definition) is 2. The van der Waals surface area contributed by atoms with Gasteiger partial charge in [0.15, 0.2) is 0 Å². The highest BCUT2D eigenvalue weighted by atomic mass is 19.1. The standard InChI is InChI=1S/C13H19FN2/c14-12-9-11(10-15)5-6-13(12)16-7-3-1-2-4-8-16/h5-6,9H,1-4,7-8,10,15H2. The topological polar surface area (TPSA) is 29.3 Å². The minimum atomic E-state index is -0.134. The molecular weight excluding hydrogens is 203 g/mol. The number of halogens is 1. The summed E-state index contributed by atoms with van der Waals surface area (Å²) < 4.78 is 13.9. The second-order valence-corrected chi connectivity index (χ2v) is 4.39. The third-order valence-electron chi connectivity index (χ3n) is 3.19. The first-order valence-corrected chi connectivity index (χ1v) is 6.04. The van der Waals surface area contributed by atoms with Crippen molar-refractivity contribution in [2.75, 3.05) is 18.0 Å². The predicted octanol–water partition coefficient (Wildman–Crippen LogP) is 2.66. The number of rotatable bonds is 2. The monoisotopic (exact) mass is 222 g/mol. The molecular formula is C13H19FN2. The van der Waals surface area contributed by atoms with Gasteiger partial charge in [0, 0.05) is 19.6 Å². The Kier molecular flexibility index (Phi) is 3.78. The van der Waals surface area contributed by atoms with E-state index in [1.807, 2.05) is 12.1 Å². The number of nitrogens with zero attached hydrogens (tertiary/aromatic N) is 1. The molecule has 1 aliphatic rings. The minimum Gasteiger partial charge on any atom is -0.369 e. The molecule has 1 aromatic rings. The van der Waals surface area contributed by atoms with Crippen LogP contribution in [0.5, 0.6) is 0 Å². The Balaban J connectivity index is 2.18. The quantitative estimate of drug-likeness (QED) is 0.833. The summed E-state index contributed by atoms with van der Waals surface area (Å²) in [4.78, 5) is 2.16. The fourth-order valence-electron chi connectivity index (χ4n) is 2.25. The van der Waals surface area contributed by atoms with Crippen LogP contribution >= 0.6 is 0 Å². The van der Waals surface area contributed by atoms with Crippen molar-refractivity contribution < 1.29 is 4.39 Å². The molecule has 0 spiro atoms. The average Bonchev–Trinajstić information content (AvgIpc) is 2.57. The summed E-state index contributed by atoms with van der Waals surface area (Å²) in [7, 11) is 0. The Morgan fingerprint density at radius 2 is 1.81 bits per heavy atom. The van der Waals surface area contributed by atoms with Crippen LogP contribution in [0.25, 0.3) is 0 Å². The van der Waals surface area contributed by atoms with Crippen molar-refractivity contribution in [1.29, 1.82) is 0 Å². The second kappa shape index (κ2) is 5.30. The van der Waals surface area contributed by atoms with Gasteiger partial charge in [-0.2, -0.15) is 0 Å². The fraction of sp³-hybridized carbons (Fsp3) is 0.538. The molecule has 0 radical (unpaired) electrons. The zero-order valence-corrected chi connectivity index (χ0v) is 9.58. The number of hydrogen-bond donors (Lipinski definition) is 1. The highest BCUT2D eigenvalue weighted by Crippen LogP contribution is 2.23. The van der Waals surface area contributed by atoms with Crippen molar-refractivity contribution >= 4 is 5.69 Å². The Labute approximate surface area is 96.2 Å². The molecule has 1 saturated heterocycles. The van der Waals surface area contributed by atoms with E-state index in [0.29, 0.717) is 6.54 Å². The van der Waals surface area contributed by atoms with Gasteiger partial charge in [-0.15, -0.1) is 0 Å². The molecule has 16 heavy (non-hydrogen) atoms. The van der Waals surface area contributed by atoms with Crippen LogP contribution in [0.4, 0.5) is 10.1 Å². The van der Waals surface area contributed by atoms with Crippen molar-refractivity contribution in [3.8, 4) is 0 Å². The second-order valence-electron chi connectivity index (χ2n) is 4.39. The SMILES string of the molecule is NCc1ccc(N2CCCCCC2)c(F)c1. The summed E-state index contributed by atoms with van der Waals surface area (Å²) in [6, 6.07) is 5.34. The summed E-state index contributed by atoms with van der Waals surface area (Å²) in [5, 5.41) is 0. The molecule has 0 aromatic heterocycles. The summed E-state index contributed by atoms with van der Waals surface area (Å²) >= 11 is 0. The summed E-state index contributed by atoms with van der Waals surface area (Å²) in [5.74, 6) is -0.134. The van der Waals surface area contributed by atoms with E-state index in [2.05, 4.69) is 4.90 Å². The molecule has 2 rings (SSSR count). The fourth-order valence-corrected chi connectivity index (χ4v) is 2.25. The van der Waals surface area contributed by atoms with Gasteiger partial charge in [0.2, 0.25) is 0 Å². The molecule has 0 amide bonds. The summed E-state index contributed by atoms with van der Waals surface area (Å²) in [5.41, 5.74) is 7.08. The number of anilines is 1. The van der Waals surface area contributed by atoms with Crippen molar-refractivity contribution in [2.45, 2.75) is 32.2 Å². The first-order valence-electron chi connectivity index (χ1n) is 6.04. The van der Waals surface area contributed by atoms with Crippen molar-refractivity contribution in [2.24, 2.45) is 5.73 Å². The van der Waals surface area contributed by atoms with Crippen LogP contribution in [0.1, 0.15) is 31.2 Å². The van der Waals surface area contributed by atoms with Crippen LogP contribution in [0.3, 0.4) is 0 Å². The van der Waals surface area contributed by atoms with Gasteiger partial charge in [-0.1, -0.05) is 18.9 Å². The smallest absolute Gasteiger partial charge is 0.146 e. The van der Waals surface area contributed by atoms with Gasteiger partial charge >= 0.3 is 0 Å². The zero-order chi connectivity index (χ0) is 11.4. The molecule has 3 heteroatoms. The molecule has 2 N–H and O–H groups in total. The highest BCUT2D eigenvalue weighted by molar-refractivity contribution is 5.49. The summed E-state index contributed by atoms with van der Waals surface area (Å²) in [6.07, 6.45) is 4.86. The van der Waals surface area contributed by atoms with Gasteiger partial charge in [0.1, 0.15) is 5.82 Å². The number of nitrogens with two attached hydrogens (primary N) is 1. The van der Waals surface area contributed by atoms with Crippen molar-refractivity contribution in [3.63, 3.8) is 0 Å². The predicted molar refractivity (Wildman–Crippen MR) is 65.0 cm³/mol. The lowest BCUT2D eigenvalue weighted by atomic mass is 10.2. The maximum atomic E-state index is 13.9. The zero-order valence-electron chi connectivity index (χ0n) is 9.58. The summed E-state index contributed by atoms with van der Waals surface area (Å²) in [6.45, 7) is 2.34. The maximum Gasteiger partial charge on any atom is 0.146 e. The van der Waals surface area contributed by atoms with Gasteiger partial charge in [-0.3, -0.25) is 0 Å². The Hall–Kier alpha value is -1.09. The number of benzene rings is 1. The molecule has 1 fully saturated rings. The van der Waals surface area contributed by atoms with E-state index in [9.17, 15) is 4.39 Å². The van der Waals surface area contributed by atoms with Crippen LogP contribution in [-0.4, -0.2) is 13.1 Å². The Morgan fingerprint density at radius 3 is 2.38 bits per heavy atom. The van der Waals surface area contributed by atoms with E-state index in [1.54, 1.807) is 6.07 Å². The first-order chi connectivity index (χ1) is 7.81. The molecule has 0 atom stereocenters. The van der Waals surface area contributed by atoms with Crippen LogP contribution < -0.4 is 10.6 Å². The molecule has 2 nitrogen and oxygen atoms in total. The third-order valence-corrected chi connectivity index (χ3v) is 3.19. The molecule has 1 aromatic carbocycles. The lowest BCUT2D eigenvalue weighted by Crippen LogP contribution is -2.24. The maximum absolute atomic E-state index is 13.9. The van der Waals surface area contributed by atoms with Gasteiger partial charge in [-0.05, 0) is 30.5 Å². The lowest BCUT2D eigenvalue weighted by Gasteiger charge is -2.23. The van der Waals surface area contributed by atoms with E-state index in [1.165, 1.54) is 12.8 Å². The molecule has 0 unspecified atom stereocenters. The van der Waals surface area contributed by atoms with Gasteiger partial charge in [-0.25, -0.2) is 4.39 Å². The Morgan fingerprint density at radius 1 is 1.12 bits per heavy atom. The van der Waals surface area contributed by atoms with Crippen LogP contribution in [-0.2, 0) is 6.54 Å². The van der Waals surface area contributed by atoms with E-state index in [0.717, 1.165) is 37.2 Å². The molecule has 1 aliphatic heterocycles. The molecule has 0 bridgehead atoms. The largest absolute Gasteiger partial charge is 0.369 e. The minimum absolute atomic E-state index is 0.134.